The molecule has 2 N–H and O–H groups in total. The second kappa shape index (κ2) is 8.86. The SMILES string of the molecule is CC(C)CCC1=NN(C(=O)C(=O)NCCc2ccccc2)C(O)(C(C)(C)C)C1. The maximum absolute atomic E-state index is 12.8. The number of rotatable bonds is 6. The average molecular weight is 388 g/mol. The Balaban J connectivity index is 2.06. The molecule has 0 saturated carbocycles. The van der Waals surface area contributed by atoms with Crippen LogP contribution < -0.4 is 5.32 Å². The van der Waals surface area contributed by atoms with Crippen LogP contribution in [0.25, 0.3) is 0 Å². The summed E-state index contributed by atoms with van der Waals surface area (Å²) in [6, 6.07) is 9.74. The number of amides is 2. The largest absolute Gasteiger partial charge is 0.368 e. The number of hydrazone groups is 1. The highest BCUT2D eigenvalue weighted by Crippen LogP contribution is 2.41. The van der Waals surface area contributed by atoms with E-state index >= 15 is 0 Å². The third-order valence-electron chi connectivity index (χ3n) is 5.18. The summed E-state index contributed by atoms with van der Waals surface area (Å²) in [5.74, 6) is -1.06. The average Bonchev–Trinajstić information content (AvgIpc) is 2.98. The summed E-state index contributed by atoms with van der Waals surface area (Å²) < 4.78 is 0. The van der Waals surface area contributed by atoms with Gasteiger partial charge >= 0.3 is 11.8 Å². The Labute approximate surface area is 168 Å². The summed E-state index contributed by atoms with van der Waals surface area (Å²) in [5.41, 5.74) is -0.309. The van der Waals surface area contributed by atoms with Crippen LogP contribution in [0.15, 0.2) is 35.4 Å². The topological polar surface area (TPSA) is 82.0 Å². The van der Waals surface area contributed by atoms with Gasteiger partial charge in [0.05, 0.1) is 0 Å². The molecule has 0 aromatic heterocycles. The zero-order valence-corrected chi connectivity index (χ0v) is 17.7. The lowest BCUT2D eigenvalue weighted by Crippen LogP contribution is -2.57. The molecule has 0 fully saturated rings. The summed E-state index contributed by atoms with van der Waals surface area (Å²) >= 11 is 0. The molecule has 0 bridgehead atoms. The Hall–Kier alpha value is -2.21. The second-order valence-corrected chi connectivity index (χ2v) is 8.95. The maximum Gasteiger partial charge on any atom is 0.334 e. The molecule has 1 aliphatic rings. The first kappa shape index (κ1) is 22.1. The van der Waals surface area contributed by atoms with Crippen LogP contribution in [0.1, 0.15) is 59.4 Å². The van der Waals surface area contributed by atoms with Gasteiger partial charge in [0, 0.05) is 24.1 Å². The number of carbonyl (C=O) groups excluding carboxylic acids is 2. The number of hydrogen-bond donors (Lipinski definition) is 2. The summed E-state index contributed by atoms with van der Waals surface area (Å²) in [7, 11) is 0. The van der Waals surface area contributed by atoms with E-state index in [1.165, 1.54) is 0 Å². The van der Waals surface area contributed by atoms with Crippen molar-refractivity contribution in [2.45, 2.75) is 66.0 Å². The maximum atomic E-state index is 12.8. The van der Waals surface area contributed by atoms with Crippen molar-refractivity contribution in [1.82, 2.24) is 10.3 Å². The standard InChI is InChI=1S/C22H33N3O3/c1-16(2)11-12-18-15-22(28,21(3,4)5)25(24-18)20(27)19(26)23-14-13-17-9-7-6-8-10-17/h6-10,16,28H,11-15H2,1-5H3,(H,23,26). The van der Waals surface area contributed by atoms with Gasteiger partial charge in [-0.3, -0.25) is 9.59 Å². The molecule has 0 aliphatic carbocycles. The Bertz CT molecular complexity index is 722. The van der Waals surface area contributed by atoms with Crippen LogP contribution >= 0.6 is 0 Å². The van der Waals surface area contributed by atoms with E-state index in [0.29, 0.717) is 25.3 Å². The Morgan fingerprint density at radius 3 is 2.43 bits per heavy atom. The van der Waals surface area contributed by atoms with Gasteiger partial charge in [-0.05, 0) is 30.7 Å². The monoisotopic (exact) mass is 387 g/mol. The minimum absolute atomic E-state index is 0.270. The number of nitrogens with one attached hydrogen (secondary N) is 1. The van der Waals surface area contributed by atoms with Crippen molar-refractivity contribution in [1.29, 1.82) is 0 Å². The van der Waals surface area contributed by atoms with Crippen LogP contribution in [0.4, 0.5) is 0 Å². The zero-order valence-electron chi connectivity index (χ0n) is 17.7. The molecular weight excluding hydrogens is 354 g/mol. The van der Waals surface area contributed by atoms with Gasteiger partial charge in [0.1, 0.15) is 0 Å². The van der Waals surface area contributed by atoms with Crippen molar-refractivity contribution in [3.63, 3.8) is 0 Å². The van der Waals surface area contributed by atoms with E-state index in [2.05, 4.69) is 24.3 Å². The van der Waals surface area contributed by atoms with E-state index in [-0.39, 0.29) is 6.42 Å². The molecule has 0 radical (unpaired) electrons. The first-order valence-corrected chi connectivity index (χ1v) is 9.99. The Morgan fingerprint density at radius 2 is 1.86 bits per heavy atom. The molecule has 1 atom stereocenters. The molecule has 154 valence electrons. The van der Waals surface area contributed by atoms with E-state index in [1.807, 2.05) is 51.1 Å². The van der Waals surface area contributed by atoms with E-state index < -0.39 is 23.0 Å². The molecule has 28 heavy (non-hydrogen) atoms. The number of nitrogens with zero attached hydrogens (tertiary/aromatic N) is 2. The molecule has 1 aromatic carbocycles. The summed E-state index contributed by atoms with van der Waals surface area (Å²) in [5, 5.41) is 19.3. The highest BCUT2D eigenvalue weighted by molar-refractivity contribution is 6.35. The van der Waals surface area contributed by atoms with Gasteiger partial charge in [-0.1, -0.05) is 65.0 Å². The molecule has 1 aromatic rings. The number of benzene rings is 1. The van der Waals surface area contributed by atoms with Crippen LogP contribution in [-0.2, 0) is 16.0 Å². The van der Waals surface area contributed by atoms with Gasteiger partial charge in [-0.15, -0.1) is 0 Å². The minimum atomic E-state index is -1.51. The quantitative estimate of drug-likeness (QED) is 0.736. The van der Waals surface area contributed by atoms with Gasteiger partial charge in [0.15, 0.2) is 5.72 Å². The minimum Gasteiger partial charge on any atom is -0.368 e. The zero-order chi connectivity index (χ0) is 20.9. The van der Waals surface area contributed by atoms with Crippen LogP contribution in [0, 0.1) is 11.3 Å². The predicted octanol–water partition coefficient (Wildman–Crippen LogP) is 3.10. The van der Waals surface area contributed by atoms with Crippen molar-refractivity contribution < 1.29 is 14.7 Å². The number of carbonyl (C=O) groups is 2. The van der Waals surface area contributed by atoms with Crippen molar-refractivity contribution in [2.75, 3.05) is 6.54 Å². The smallest absolute Gasteiger partial charge is 0.334 e. The van der Waals surface area contributed by atoms with Crippen molar-refractivity contribution in [3.05, 3.63) is 35.9 Å². The Morgan fingerprint density at radius 1 is 1.21 bits per heavy atom. The predicted molar refractivity (Wildman–Crippen MR) is 111 cm³/mol. The van der Waals surface area contributed by atoms with E-state index in [9.17, 15) is 14.7 Å². The van der Waals surface area contributed by atoms with Crippen molar-refractivity contribution in [3.8, 4) is 0 Å². The van der Waals surface area contributed by atoms with Crippen LogP contribution in [0.3, 0.4) is 0 Å². The van der Waals surface area contributed by atoms with E-state index in [4.69, 9.17) is 0 Å². The Kier molecular flexibility index (Phi) is 6.99. The molecule has 2 amide bonds. The number of hydrogen-bond acceptors (Lipinski definition) is 4. The lowest BCUT2D eigenvalue weighted by molar-refractivity contribution is -0.184. The molecule has 0 spiro atoms. The molecule has 2 rings (SSSR count). The molecule has 6 nitrogen and oxygen atoms in total. The third kappa shape index (κ3) is 5.19. The second-order valence-electron chi connectivity index (χ2n) is 8.95. The van der Waals surface area contributed by atoms with Crippen LogP contribution in [0.5, 0.6) is 0 Å². The lowest BCUT2D eigenvalue weighted by atomic mass is 9.79. The fourth-order valence-electron chi connectivity index (χ4n) is 3.15. The summed E-state index contributed by atoms with van der Waals surface area (Å²) in [4.78, 5) is 25.2. The van der Waals surface area contributed by atoms with Gasteiger partial charge in [0.25, 0.3) is 0 Å². The highest BCUT2D eigenvalue weighted by Gasteiger charge is 2.53. The molecule has 1 heterocycles. The normalized spacial score (nSPS) is 19.7. The van der Waals surface area contributed by atoms with Crippen molar-refractivity contribution >= 4 is 17.5 Å². The van der Waals surface area contributed by atoms with Gasteiger partial charge < -0.3 is 10.4 Å². The molecule has 0 saturated heterocycles. The van der Waals surface area contributed by atoms with Crippen LogP contribution in [-0.4, -0.2) is 39.9 Å². The van der Waals surface area contributed by atoms with Crippen LogP contribution in [0.2, 0.25) is 0 Å². The first-order valence-electron chi connectivity index (χ1n) is 9.99. The fraction of sp³-hybridized carbons (Fsp3) is 0.591. The molecule has 6 heteroatoms. The molecule has 1 unspecified atom stereocenters. The van der Waals surface area contributed by atoms with E-state index in [0.717, 1.165) is 22.7 Å². The molecule has 1 aliphatic heterocycles. The first-order chi connectivity index (χ1) is 13.0. The van der Waals surface area contributed by atoms with Gasteiger partial charge in [-0.2, -0.15) is 10.1 Å². The van der Waals surface area contributed by atoms with Gasteiger partial charge in [-0.25, -0.2) is 0 Å². The third-order valence-corrected chi connectivity index (χ3v) is 5.18. The van der Waals surface area contributed by atoms with Crippen molar-refractivity contribution in [2.24, 2.45) is 16.4 Å². The highest BCUT2D eigenvalue weighted by atomic mass is 16.3. The van der Waals surface area contributed by atoms with E-state index in [1.54, 1.807) is 0 Å². The number of aliphatic hydroxyl groups is 1. The summed E-state index contributed by atoms with van der Waals surface area (Å²) in [6.45, 7) is 10.1. The van der Waals surface area contributed by atoms with Gasteiger partial charge in [0.2, 0.25) is 0 Å². The fourth-order valence-corrected chi connectivity index (χ4v) is 3.15. The summed E-state index contributed by atoms with van der Waals surface area (Å²) in [6.07, 6.45) is 2.53. The molecular formula is C22H33N3O3. The lowest BCUT2D eigenvalue weighted by Gasteiger charge is -2.41.